The summed E-state index contributed by atoms with van der Waals surface area (Å²) in [5.74, 6) is 1.49. The van der Waals surface area contributed by atoms with Crippen molar-refractivity contribution >= 4 is 11.4 Å². The molecule has 102 valence electrons. The van der Waals surface area contributed by atoms with Crippen molar-refractivity contribution in [1.82, 2.24) is 5.16 Å². The first-order valence-corrected chi connectivity index (χ1v) is 6.27. The Morgan fingerprint density at radius 1 is 1.37 bits per heavy atom. The molecule has 0 saturated carbocycles. The monoisotopic (exact) mass is 261 g/mol. The van der Waals surface area contributed by atoms with Crippen LogP contribution in [0, 0.1) is 6.92 Å². The second-order valence-corrected chi connectivity index (χ2v) is 4.70. The maximum Gasteiger partial charge on any atom is 0.144 e. The summed E-state index contributed by atoms with van der Waals surface area (Å²) in [5.41, 5.74) is 8.30. The van der Waals surface area contributed by atoms with Gasteiger partial charge in [0, 0.05) is 17.8 Å². The first kappa shape index (κ1) is 13.3. The first-order chi connectivity index (χ1) is 9.04. The molecule has 2 aromatic rings. The second kappa shape index (κ2) is 5.65. The molecule has 0 aliphatic rings. The Labute approximate surface area is 112 Å². The minimum absolute atomic E-state index is 0.0933. The highest BCUT2D eigenvalue weighted by Gasteiger charge is 2.05. The molecule has 5 heteroatoms. The van der Waals surface area contributed by atoms with Crippen LogP contribution in [-0.2, 0) is 6.54 Å². The van der Waals surface area contributed by atoms with Crippen LogP contribution in [0.5, 0.6) is 5.75 Å². The van der Waals surface area contributed by atoms with Gasteiger partial charge in [-0.2, -0.15) is 0 Å². The van der Waals surface area contributed by atoms with Crippen LogP contribution in [0.4, 0.5) is 11.4 Å². The van der Waals surface area contributed by atoms with Gasteiger partial charge < -0.3 is 20.3 Å². The second-order valence-electron chi connectivity index (χ2n) is 4.70. The smallest absolute Gasteiger partial charge is 0.144 e. The summed E-state index contributed by atoms with van der Waals surface area (Å²) in [7, 11) is 0. The van der Waals surface area contributed by atoms with Gasteiger partial charge in [0.15, 0.2) is 0 Å². The van der Waals surface area contributed by atoms with Gasteiger partial charge in [-0.05, 0) is 32.9 Å². The van der Waals surface area contributed by atoms with E-state index in [-0.39, 0.29) is 6.10 Å². The summed E-state index contributed by atoms with van der Waals surface area (Å²) < 4.78 is 10.7. The van der Waals surface area contributed by atoms with E-state index in [2.05, 4.69) is 10.5 Å². The van der Waals surface area contributed by atoms with Crippen LogP contribution in [0.15, 0.2) is 28.8 Å². The predicted octanol–water partition coefficient (Wildman–Crippen LogP) is 2.96. The molecule has 1 heterocycles. The third-order valence-electron chi connectivity index (χ3n) is 2.53. The number of anilines is 2. The van der Waals surface area contributed by atoms with Crippen molar-refractivity contribution in [3.8, 4) is 5.75 Å². The van der Waals surface area contributed by atoms with E-state index >= 15 is 0 Å². The lowest BCUT2D eigenvalue weighted by Crippen LogP contribution is -2.08. The summed E-state index contributed by atoms with van der Waals surface area (Å²) in [4.78, 5) is 0. The molecule has 1 aromatic carbocycles. The summed E-state index contributed by atoms with van der Waals surface area (Å²) in [6, 6.07) is 7.53. The molecule has 0 bridgehead atoms. The molecule has 0 spiro atoms. The number of nitrogen functional groups attached to an aromatic ring is 1. The van der Waals surface area contributed by atoms with Crippen molar-refractivity contribution < 1.29 is 9.26 Å². The van der Waals surface area contributed by atoms with Crippen molar-refractivity contribution in [3.63, 3.8) is 0 Å². The van der Waals surface area contributed by atoms with Gasteiger partial charge in [0.1, 0.15) is 17.2 Å². The standard InChI is InChI=1S/C14H19N3O2/c1-9(2)18-14-7-11(4-5-13(14)15)16-8-12-6-10(3)19-17-12/h4-7,9,16H,8,15H2,1-3H3. The zero-order valence-corrected chi connectivity index (χ0v) is 11.4. The minimum Gasteiger partial charge on any atom is -0.489 e. The molecular formula is C14H19N3O2. The van der Waals surface area contributed by atoms with E-state index < -0.39 is 0 Å². The summed E-state index contributed by atoms with van der Waals surface area (Å²) >= 11 is 0. The topological polar surface area (TPSA) is 73.3 Å². The van der Waals surface area contributed by atoms with Gasteiger partial charge in [0.2, 0.25) is 0 Å². The fraction of sp³-hybridized carbons (Fsp3) is 0.357. The molecule has 0 unspecified atom stereocenters. The number of nitrogens with zero attached hydrogens (tertiary/aromatic N) is 1. The molecule has 0 fully saturated rings. The highest BCUT2D eigenvalue weighted by Crippen LogP contribution is 2.26. The highest BCUT2D eigenvalue weighted by molar-refractivity contribution is 5.61. The maximum atomic E-state index is 5.87. The Hall–Kier alpha value is -2.17. The zero-order chi connectivity index (χ0) is 13.8. The van der Waals surface area contributed by atoms with Crippen LogP contribution in [0.3, 0.4) is 0 Å². The van der Waals surface area contributed by atoms with Crippen molar-refractivity contribution in [2.75, 3.05) is 11.1 Å². The van der Waals surface area contributed by atoms with Gasteiger partial charge in [0.25, 0.3) is 0 Å². The van der Waals surface area contributed by atoms with E-state index in [1.165, 1.54) is 0 Å². The largest absolute Gasteiger partial charge is 0.489 e. The lowest BCUT2D eigenvalue weighted by molar-refractivity contribution is 0.244. The molecule has 0 saturated heterocycles. The molecule has 0 aliphatic heterocycles. The van der Waals surface area contributed by atoms with Crippen LogP contribution < -0.4 is 15.8 Å². The third kappa shape index (κ3) is 3.64. The molecule has 0 aliphatic carbocycles. The Balaban J connectivity index is 2.04. The molecule has 0 amide bonds. The molecule has 3 N–H and O–H groups in total. The number of hydrogen-bond donors (Lipinski definition) is 2. The number of nitrogens with two attached hydrogens (primary N) is 1. The Morgan fingerprint density at radius 2 is 2.16 bits per heavy atom. The van der Waals surface area contributed by atoms with Gasteiger partial charge in [-0.15, -0.1) is 0 Å². The Bertz CT molecular complexity index is 549. The summed E-state index contributed by atoms with van der Waals surface area (Å²) in [5, 5.41) is 7.18. The Morgan fingerprint density at radius 3 is 2.79 bits per heavy atom. The summed E-state index contributed by atoms with van der Waals surface area (Å²) in [6.45, 7) is 6.41. The number of aromatic nitrogens is 1. The van der Waals surface area contributed by atoms with Crippen molar-refractivity contribution in [2.45, 2.75) is 33.4 Å². The van der Waals surface area contributed by atoms with E-state index in [9.17, 15) is 0 Å². The molecule has 0 radical (unpaired) electrons. The zero-order valence-electron chi connectivity index (χ0n) is 11.4. The van der Waals surface area contributed by atoms with E-state index in [0.717, 1.165) is 17.1 Å². The van der Waals surface area contributed by atoms with E-state index in [1.54, 1.807) is 0 Å². The van der Waals surface area contributed by atoms with Gasteiger partial charge in [-0.3, -0.25) is 0 Å². The fourth-order valence-electron chi connectivity index (χ4n) is 1.69. The highest BCUT2D eigenvalue weighted by atomic mass is 16.5. The van der Waals surface area contributed by atoms with Crippen LogP contribution in [-0.4, -0.2) is 11.3 Å². The lowest BCUT2D eigenvalue weighted by Gasteiger charge is -2.14. The predicted molar refractivity (Wildman–Crippen MR) is 75.2 cm³/mol. The van der Waals surface area contributed by atoms with Crippen LogP contribution in [0.1, 0.15) is 25.3 Å². The summed E-state index contributed by atoms with van der Waals surface area (Å²) in [6.07, 6.45) is 0.0933. The molecular weight excluding hydrogens is 242 g/mol. The average Bonchev–Trinajstić information content (AvgIpc) is 2.75. The molecule has 2 rings (SSSR count). The van der Waals surface area contributed by atoms with Crippen molar-refractivity contribution in [1.29, 1.82) is 0 Å². The lowest BCUT2D eigenvalue weighted by atomic mass is 10.2. The van der Waals surface area contributed by atoms with Gasteiger partial charge in [-0.1, -0.05) is 5.16 Å². The fourth-order valence-corrected chi connectivity index (χ4v) is 1.69. The molecule has 0 atom stereocenters. The number of nitrogens with one attached hydrogen (secondary N) is 1. The number of rotatable bonds is 5. The van der Waals surface area contributed by atoms with Crippen molar-refractivity contribution in [3.05, 3.63) is 35.7 Å². The van der Waals surface area contributed by atoms with Gasteiger partial charge in [0.05, 0.1) is 18.3 Å². The van der Waals surface area contributed by atoms with E-state index in [0.29, 0.717) is 18.0 Å². The molecule has 1 aromatic heterocycles. The van der Waals surface area contributed by atoms with Gasteiger partial charge in [-0.25, -0.2) is 0 Å². The van der Waals surface area contributed by atoms with Gasteiger partial charge >= 0.3 is 0 Å². The number of hydrogen-bond acceptors (Lipinski definition) is 5. The first-order valence-electron chi connectivity index (χ1n) is 6.27. The number of ether oxygens (including phenoxy) is 1. The third-order valence-corrected chi connectivity index (χ3v) is 2.53. The normalized spacial score (nSPS) is 10.7. The number of aryl methyl sites for hydroxylation is 1. The molecule has 5 nitrogen and oxygen atoms in total. The Kier molecular flexibility index (Phi) is 3.94. The van der Waals surface area contributed by atoms with E-state index in [4.69, 9.17) is 15.0 Å². The van der Waals surface area contributed by atoms with Crippen LogP contribution in [0.2, 0.25) is 0 Å². The van der Waals surface area contributed by atoms with E-state index in [1.807, 2.05) is 45.0 Å². The quantitative estimate of drug-likeness (QED) is 0.809. The van der Waals surface area contributed by atoms with Crippen LogP contribution >= 0.6 is 0 Å². The molecule has 19 heavy (non-hydrogen) atoms. The van der Waals surface area contributed by atoms with Crippen molar-refractivity contribution in [2.24, 2.45) is 0 Å². The SMILES string of the molecule is Cc1cc(CNc2ccc(N)c(OC(C)C)c2)no1. The number of benzene rings is 1. The maximum absolute atomic E-state index is 5.87. The average molecular weight is 261 g/mol. The minimum atomic E-state index is 0.0933. The van der Waals surface area contributed by atoms with Crippen LogP contribution in [0.25, 0.3) is 0 Å².